The third-order valence-corrected chi connectivity index (χ3v) is 15.1. The zero-order chi connectivity index (χ0) is 46.2. The molecule has 2 aliphatic carbocycles. The fourth-order valence-electron chi connectivity index (χ4n) is 11.8. The van der Waals surface area contributed by atoms with Gasteiger partial charge < -0.3 is 4.90 Å². The molecule has 0 saturated heterocycles. The third-order valence-electron chi connectivity index (χ3n) is 15.1. The quantitative estimate of drug-likeness (QED) is 0.132. The van der Waals surface area contributed by atoms with Gasteiger partial charge in [0.1, 0.15) is 0 Å². The second-order valence-electron chi connectivity index (χ2n) is 19.1. The maximum Gasteiger partial charge on any atom is 0.0714 e. The molecule has 0 aromatic heterocycles. The molecule has 2 aliphatic rings. The van der Waals surface area contributed by atoms with Gasteiger partial charge in [0.05, 0.1) is 5.41 Å². The zero-order valence-electron chi connectivity index (χ0n) is 39.2. The Hall–Kier alpha value is -8.00. The lowest BCUT2D eigenvalue weighted by atomic mass is 9.67. The van der Waals surface area contributed by atoms with E-state index in [-0.39, 0.29) is 0 Å². The van der Waals surface area contributed by atoms with Gasteiger partial charge >= 0.3 is 0 Å². The van der Waals surface area contributed by atoms with E-state index in [9.17, 15) is 0 Å². The number of rotatable bonds is 10. The van der Waals surface area contributed by atoms with Crippen molar-refractivity contribution in [2.45, 2.75) is 50.4 Å². The Balaban J connectivity index is 0.997. The summed E-state index contributed by atoms with van der Waals surface area (Å²) in [5.74, 6) is 0.695. The van der Waals surface area contributed by atoms with Gasteiger partial charge in [-0.1, -0.05) is 232 Å². The first-order valence-corrected chi connectivity index (χ1v) is 24.9. The second-order valence-corrected chi connectivity index (χ2v) is 19.1. The highest BCUT2D eigenvalue weighted by molar-refractivity contribution is 5.94. The van der Waals surface area contributed by atoms with Gasteiger partial charge in [0.15, 0.2) is 0 Å². The summed E-state index contributed by atoms with van der Waals surface area (Å²) in [5, 5.41) is 0. The highest BCUT2D eigenvalue weighted by Gasteiger charge is 2.47. The van der Waals surface area contributed by atoms with Gasteiger partial charge in [-0.3, -0.25) is 0 Å². The molecule has 10 aromatic carbocycles. The average Bonchev–Trinajstić information content (AvgIpc) is 3.74. The Bertz CT molecular complexity index is 3340. The summed E-state index contributed by atoms with van der Waals surface area (Å²) in [6.45, 7) is 2.26. The highest BCUT2D eigenvalue weighted by atomic mass is 15.1. The zero-order valence-corrected chi connectivity index (χ0v) is 39.2. The van der Waals surface area contributed by atoms with Crippen LogP contribution in [0.5, 0.6) is 0 Å². The lowest BCUT2D eigenvalue weighted by Gasteiger charge is -2.35. The molecule has 1 heteroatoms. The first-order valence-electron chi connectivity index (χ1n) is 24.9. The van der Waals surface area contributed by atoms with E-state index in [0.717, 1.165) is 17.1 Å². The predicted octanol–water partition coefficient (Wildman–Crippen LogP) is 18.5. The lowest BCUT2D eigenvalue weighted by molar-refractivity contribution is 0.443. The maximum absolute atomic E-state index is 2.48. The summed E-state index contributed by atoms with van der Waals surface area (Å²) in [7, 11) is 0. The minimum atomic E-state index is -0.516. The molecule has 10 aromatic rings. The first kappa shape index (κ1) is 42.4. The molecule has 0 aliphatic heterocycles. The Morgan fingerprint density at radius 2 is 0.812 bits per heavy atom. The van der Waals surface area contributed by atoms with Gasteiger partial charge in [-0.05, 0) is 151 Å². The van der Waals surface area contributed by atoms with Crippen LogP contribution in [0.4, 0.5) is 17.1 Å². The minimum absolute atomic E-state index is 0.516. The molecule has 1 nitrogen and oxygen atoms in total. The molecule has 0 unspecified atom stereocenters. The fourth-order valence-corrected chi connectivity index (χ4v) is 11.8. The number of anilines is 3. The van der Waals surface area contributed by atoms with E-state index in [4.69, 9.17) is 0 Å². The standard InChI is InChI=1S/C68H55N/c1-48-19-18-32-65-67(48)64-46-45-59(47-66(64)68(65,55-24-10-4-11-25-55)56-26-12-5-13-27-56)69(57-41-37-52(38-42-57)51-35-33-50(34-36-51)49-20-6-2-7-21-49)58-43-39-54(40-44-58)61-29-15-17-31-63(61)62-30-16-14-28-60(62)53-22-8-3-9-23-53/h3-5,8-19,22-47,49H,2,6-7,20-21H2,1H3. The molecular weight excluding hydrogens is 831 g/mol. The smallest absolute Gasteiger partial charge is 0.0714 e. The van der Waals surface area contributed by atoms with Crippen molar-refractivity contribution in [2.75, 3.05) is 4.90 Å². The predicted molar refractivity (Wildman–Crippen MR) is 291 cm³/mol. The lowest BCUT2D eigenvalue weighted by Crippen LogP contribution is -2.28. The molecule has 0 spiro atoms. The number of nitrogens with zero attached hydrogens (tertiary/aromatic N) is 1. The third kappa shape index (κ3) is 7.60. The van der Waals surface area contributed by atoms with Gasteiger partial charge in [-0.2, -0.15) is 0 Å². The molecule has 0 atom stereocenters. The van der Waals surface area contributed by atoms with E-state index in [0.29, 0.717) is 5.92 Å². The number of hydrogen-bond donors (Lipinski definition) is 0. The Kier molecular flexibility index (Phi) is 11.2. The van der Waals surface area contributed by atoms with Crippen molar-refractivity contribution >= 4 is 17.1 Å². The summed E-state index contributed by atoms with van der Waals surface area (Å²) in [6.07, 6.45) is 6.69. The Labute approximate surface area is 408 Å². The topological polar surface area (TPSA) is 3.24 Å². The van der Waals surface area contributed by atoms with E-state index in [2.05, 4.69) is 261 Å². The molecule has 332 valence electrons. The summed E-state index contributed by atoms with van der Waals surface area (Å²) >= 11 is 0. The van der Waals surface area contributed by atoms with Gasteiger partial charge in [-0.15, -0.1) is 0 Å². The summed E-state index contributed by atoms with van der Waals surface area (Å²) in [4.78, 5) is 2.45. The summed E-state index contributed by atoms with van der Waals surface area (Å²) in [6, 6.07) is 92.5. The monoisotopic (exact) mass is 885 g/mol. The van der Waals surface area contributed by atoms with Crippen LogP contribution in [0.3, 0.4) is 0 Å². The highest BCUT2D eigenvalue weighted by Crippen LogP contribution is 2.58. The van der Waals surface area contributed by atoms with Crippen molar-refractivity contribution in [1.82, 2.24) is 0 Å². The van der Waals surface area contributed by atoms with Crippen LogP contribution in [-0.4, -0.2) is 0 Å². The van der Waals surface area contributed by atoms with Crippen LogP contribution in [0, 0.1) is 6.92 Å². The number of fused-ring (bicyclic) bond motifs is 3. The fraction of sp³-hybridized carbons (Fsp3) is 0.118. The van der Waals surface area contributed by atoms with E-state index < -0.39 is 5.41 Å². The first-order chi connectivity index (χ1) is 34.1. The molecular formula is C68H55N. The van der Waals surface area contributed by atoms with Crippen molar-refractivity contribution in [3.8, 4) is 55.6 Å². The molecule has 0 heterocycles. The molecule has 1 saturated carbocycles. The van der Waals surface area contributed by atoms with Crippen LogP contribution in [0.1, 0.15) is 71.4 Å². The largest absolute Gasteiger partial charge is 0.310 e. The van der Waals surface area contributed by atoms with E-state index >= 15 is 0 Å². The molecule has 0 amide bonds. The number of aryl methyl sites for hydroxylation is 1. The van der Waals surface area contributed by atoms with Crippen LogP contribution in [0.25, 0.3) is 55.6 Å². The van der Waals surface area contributed by atoms with Crippen molar-refractivity contribution in [3.05, 3.63) is 282 Å². The second kappa shape index (κ2) is 18.2. The molecule has 69 heavy (non-hydrogen) atoms. The molecule has 0 N–H and O–H groups in total. The summed E-state index contributed by atoms with van der Waals surface area (Å²) < 4.78 is 0. The Morgan fingerprint density at radius 3 is 1.38 bits per heavy atom. The van der Waals surface area contributed by atoms with Crippen LogP contribution >= 0.6 is 0 Å². The van der Waals surface area contributed by atoms with Crippen molar-refractivity contribution in [2.24, 2.45) is 0 Å². The van der Waals surface area contributed by atoms with Crippen LogP contribution < -0.4 is 4.90 Å². The molecule has 12 rings (SSSR count). The minimum Gasteiger partial charge on any atom is -0.310 e. The maximum atomic E-state index is 2.48. The van der Waals surface area contributed by atoms with E-state index in [1.807, 2.05) is 0 Å². The molecule has 0 radical (unpaired) electrons. The number of hydrogen-bond acceptors (Lipinski definition) is 1. The van der Waals surface area contributed by atoms with Crippen LogP contribution in [0.15, 0.2) is 249 Å². The van der Waals surface area contributed by atoms with Gasteiger partial charge in [0.2, 0.25) is 0 Å². The van der Waals surface area contributed by atoms with Crippen LogP contribution in [-0.2, 0) is 5.41 Å². The van der Waals surface area contributed by atoms with Gasteiger partial charge in [0, 0.05) is 17.1 Å². The van der Waals surface area contributed by atoms with E-state index in [1.165, 1.54) is 121 Å². The van der Waals surface area contributed by atoms with Crippen molar-refractivity contribution < 1.29 is 0 Å². The number of benzene rings is 10. The molecule has 0 bridgehead atoms. The van der Waals surface area contributed by atoms with Gasteiger partial charge in [-0.25, -0.2) is 0 Å². The van der Waals surface area contributed by atoms with E-state index in [1.54, 1.807) is 0 Å². The van der Waals surface area contributed by atoms with Crippen molar-refractivity contribution in [1.29, 1.82) is 0 Å². The normalized spacial score (nSPS) is 13.9. The Morgan fingerprint density at radius 1 is 0.348 bits per heavy atom. The van der Waals surface area contributed by atoms with Crippen molar-refractivity contribution in [3.63, 3.8) is 0 Å². The SMILES string of the molecule is Cc1cccc2c1-c1ccc(N(c3ccc(-c4ccc(C5CCCCC5)cc4)cc3)c3ccc(-c4ccccc4-c4ccccc4-c4ccccc4)cc3)cc1C2(c1ccccc1)c1ccccc1. The van der Waals surface area contributed by atoms with Gasteiger partial charge in [0.25, 0.3) is 0 Å². The summed E-state index contributed by atoms with van der Waals surface area (Å²) in [5.41, 5.74) is 23.1. The molecule has 1 fully saturated rings. The van der Waals surface area contributed by atoms with Crippen LogP contribution in [0.2, 0.25) is 0 Å². The average molecular weight is 886 g/mol.